The fraction of sp³-hybridized carbons (Fsp3) is 0.632. The molecular weight excluding hydrogens is 284 g/mol. The molecule has 1 aromatic rings. The van der Waals surface area contributed by atoms with E-state index in [0.717, 1.165) is 38.7 Å². The number of rotatable bonds is 3. The number of likely N-dealkylation sites (tertiary alicyclic amines) is 1. The molecule has 126 valence electrons. The average molecular weight is 314 g/mol. The van der Waals surface area contributed by atoms with Crippen molar-refractivity contribution in [2.24, 2.45) is 16.3 Å². The molecule has 3 rings (SSSR count). The first-order valence-electron chi connectivity index (χ1n) is 8.83. The highest BCUT2D eigenvalue weighted by atomic mass is 15.3. The number of nitrogens with zero attached hydrogens (tertiary/aromatic N) is 3. The van der Waals surface area contributed by atoms with Crippen LogP contribution in [0.25, 0.3) is 0 Å². The Morgan fingerprint density at radius 2 is 2.04 bits per heavy atom. The zero-order valence-electron chi connectivity index (χ0n) is 14.8. The van der Waals surface area contributed by atoms with Crippen molar-refractivity contribution < 1.29 is 0 Å². The molecule has 2 aliphatic rings. The van der Waals surface area contributed by atoms with Crippen LogP contribution in [-0.2, 0) is 0 Å². The molecular formula is C19H30N4. The monoisotopic (exact) mass is 314 g/mol. The van der Waals surface area contributed by atoms with Gasteiger partial charge in [-0.15, -0.1) is 0 Å². The minimum atomic E-state index is 0.412. The van der Waals surface area contributed by atoms with Crippen LogP contribution in [0.1, 0.15) is 26.7 Å². The minimum Gasteiger partial charge on any atom is -0.371 e. The summed E-state index contributed by atoms with van der Waals surface area (Å²) in [5.41, 5.74) is 1.76. The molecule has 1 N–H and O–H groups in total. The molecule has 4 heteroatoms. The van der Waals surface area contributed by atoms with Crippen molar-refractivity contribution in [1.29, 1.82) is 0 Å². The Morgan fingerprint density at radius 3 is 2.70 bits per heavy atom. The topological polar surface area (TPSA) is 30.9 Å². The number of hydrogen-bond donors (Lipinski definition) is 1. The van der Waals surface area contributed by atoms with Crippen LogP contribution < -0.4 is 10.2 Å². The van der Waals surface area contributed by atoms with Gasteiger partial charge in [0.05, 0.1) is 0 Å². The molecule has 2 aliphatic heterocycles. The highest BCUT2D eigenvalue weighted by Gasteiger charge is 2.31. The summed E-state index contributed by atoms with van der Waals surface area (Å²) in [6, 6.07) is 10.7. The van der Waals surface area contributed by atoms with Gasteiger partial charge in [-0.3, -0.25) is 4.99 Å². The molecule has 2 fully saturated rings. The zero-order chi connectivity index (χ0) is 16.3. The van der Waals surface area contributed by atoms with E-state index in [1.54, 1.807) is 0 Å². The zero-order valence-corrected chi connectivity index (χ0v) is 14.8. The summed E-state index contributed by atoms with van der Waals surface area (Å²) in [4.78, 5) is 9.39. The van der Waals surface area contributed by atoms with Crippen LogP contribution in [0.2, 0.25) is 0 Å². The molecule has 2 heterocycles. The fourth-order valence-corrected chi connectivity index (χ4v) is 3.73. The smallest absolute Gasteiger partial charge is 0.193 e. The van der Waals surface area contributed by atoms with Crippen LogP contribution >= 0.6 is 0 Å². The summed E-state index contributed by atoms with van der Waals surface area (Å²) in [5, 5.41) is 3.61. The fourth-order valence-electron chi connectivity index (χ4n) is 3.73. The number of nitrogens with one attached hydrogen (secondary N) is 1. The number of aliphatic imine (C=N–C) groups is 1. The van der Waals surface area contributed by atoms with E-state index in [-0.39, 0.29) is 0 Å². The lowest BCUT2D eigenvalue weighted by atomic mass is 9.93. The predicted octanol–water partition coefficient (Wildman–Crippen LogP) is 2.82. The normalized spacial score (nSPS) is 24.3. The van der Waals surface area contributed by atoms with Gasteiger partial charge in [-0.25, -0.2) is 0 Å². The first-order chi connectivity index (χ1) is 11.1. The Balaban J connectivity index is 1.49. The lowest BCUT2D eigenvalue weighted by Crippen LogP contribution is -2.42. The van der Waals surface area contributed by atoms with Crippen LogP contribution in [-0.4, -0.2) is 50.6 Å². The molecule has 2 saturated heterocycles. The number of hydrogen-bond acceptors (Lipinski definition) is 2. The second-order valence-corrected chi connectivity index (χ2v) is 7.70. The van der Waals surface area contributed by atoms with Gasteiger partial charge in [-0.1, -0.05) is 32.0 Å². The maximum absolute atomic E-state index is 4.49. The number of guanidine groups is 1. The molecule has 0 saturated carbocycles. The molecule has 0 aromatic heterocycles. The van der Waals surface area contributed by atoms with Gasteiger partial charge in [0.25, 0.3) is 0 Å². The molecule has 0 amide bonds. The average Bonchev–Trinajstić information content (AvgIpc) is 3.16. The number of benzene rings is 1. The Hall–Kier alpha value is -1.71. The molecule has 23 heavy (non-hydrogen) atoms. The lowest BCUT2D eigenvalue weighted by Gasteiger charge is -2.25. The van der Waals surface area contributed by atoms with Gasteiger partial charge in [0, 0.05) is 45.5 Å². The van der Waals surface area contributed by atoms with Crippen molar-refractivity contribution >= 4 is 11.6 Å². The van der Waals surface area contributed by atoms with Crippen LogP contribution in [0.15, 0.2) is 35.3 Å². The lowest BCUT2D eigenvalue weighted by molar-refractivity contribution is 0.368. The SMILES string of the molecule is CN=C(NCC1CCN(c2ccccc2)C1)N1CCC(C)(C)C1. The summed E-state index contributed by atoms with van der Waals surface area (Å²) >= 11 is 0. The Bertz CT molecular complexity index is 538. The van der Waals surface area contributed by atoms with Crippen molar-refractivity contribution in [3.8, 4) is 0 Å². The van der Waals surface area contributed by atoms with Crippen LogP contribution in [0.3, 0.4) is 0 Å². The van der Waals surface area contributed by atoms with Crippen molar-refractivity contribution in [1.82, 2.24) is 10.2 Å². The first-order valence-corrected chi connectivity index (χ1v) is 8.83. The predicted molar refractivity (Wildman–Crippen MR) is 98.1 cm³/mol. The molecule has 4 nitrogen and oxygen atoms in total. The quantitative estimate of drug-likeness (QED) is 0.687. The third kappa shape index (κ3) is 3.98. The first kappa shape index (κ1) is 16.2. The van der Waals surface area contributed by atoms with Crippen LogP contribution in [0, 0.1) is 11.3 Å². The van der Waals surface area contributed by atoms with Gasteiger partial charge in [-0.2, -0.15) is 0 Å². The second kappa shape index (κ2) is 6.81. The second-order valence-electron chi connectivity index (χ2n) is 7.70. The molecule has 1 unspecified atom stereocenters. The summed E-state index contributed by atoms with van der Waals surface area (Å²) in [7, 11) is 1.90. The van der Waals surface area contributed by atoms with Crippen molar-refractivity contribution in [3.63, 3.8) is 0 Å². The largest absolute Gasteiger partial charge is 0.371 e. The molecule has 0 radical (unpaired) electrons. The maximum atomic E-state index is 4.49. The van der Waals surface area contributed by atoms with E-state index >= 15 is 0 Å². The van der Waals surface area contributed by atoms with Crippen molar-refractivity contribution in [3.05, 3.63) is 30.3 Å². The highest BCUT2D eigenvalue weighted by Crippen LogP contribution is 2.29. The summed E-state index contributed by atoms with van der Waals surface area (Å²) in [5.74, 6) is 1.77. The van der Waals surface area contributed by atoms with E-state index in [9.17, 15) is 0 Å². The summed E-state index contributed by atoms with van der Waals surface area (Å²) < 4.78 is 0. The minimum absolute atomic E-state index is 0.412. The highest BCUT2D eigenvalue weighted by molar-refractivity contribution is 5.80. The van der Waals surface area contributed by atoms with Crippen molar-refractivity contribution in [2.45, 2.75) is 26.7 Å². The van der Waals surface area contributed by atoms with Gasteiger partial charge >= 0.3 is 0 Å². The van der Waals surface area contributed by atoms with E-state index in [0.29, 0.717) is 11.3 Å². The van der Waals surface area contributed by atoms with Gasteiger partial charge in [-0.05, 0) is 36.3 Å². The number of anilines is 1. The van der Waals surface area contributed by atoms with E-state index < -0.39 is 0 Å². The Kier molecular flexibility index (Phi) is 4.79. The third-order valence-electron chi connectivity index (χ3n) is 5.14. The summed E-state index contributed by atoms with van der Waals surface area (Å²) in [6.45, 7) is 10.2. The Labute approximate surface area is 140 Å². The number of para-hydroxylation sites is 1. The Morgan fingerprint density at radius 1 is 1.26 bits per heavy atom. The van der Waals surface area contributed by atoms with Gasteiger partial charge < -0.3 is 15.1 Å². The maximum Gasteiger partial charge on any atom is 0.193 e. The van der Waals surface area contributed by atoms with Crippen LogP contribution in [0.5, 0.6) is 0 Å². The molecule has 0 spiro atoms. The van der Waals surface area contributed by atoms with Crippen LogP contribution in [0.4, 0.5) is 5.69 Å². The van der Waals surface area contributed by atoms with Crippen molar-refractivity contribution in [2.75, 3.05) is 44.7 Å². The molecule has 0 aliphatic carbocycles. The molecule has 1 aromatic carbocycles. The van der Waals surface area contributed by atoms with Gasteiger partial charge in [0.1, 0.15) is 0 Å². The van der Waals surface area contributed by atoms with E-state index in [2.05, 4.69) is 64.3 Å². The molecule has 1 atom stereocenters. The van der Waals surface area contributed by atoms with Gasteiger partial charge in [0.15, 0.2) is 5.96 Å². The van der Waals surface area contributed by atoms with E-state index in [4.69, 9.17) is 0 Å². The summed E-state index contributed by atoms with van der Waals surface area (Å²) in [6.07, 6.45) is 2.50. The standard InChI is InChI=1S/C19H30N4/c1-19(2)10-12-23(15-19)18(20-3)21-13-16-9-11-22(14-16)17-7-5-4-6-8-17/h4-8,16H,9-15H2,1-3H3,(H,20,21). The van der Waals surface area contributed by atoms with E-state index in [1.165, 1.54) is 18.5 Å². The third-order valence-corrected chi connectivity index (χ3v) is 5.14. The van der Waals surface area contributed by atoms with Gasteiger partial charge in [0.2, 0.25) is 0 Å². The van der Waals surface area contributed by atoms with E-state index in [1.807, 2.05) is 7.05 Å². The molecule has 0 bridgehead atoms.